The van der Waals surface area contributed by atoms with Crippen molar-refractivity contribution in [1.82, 2.24) is 23.7 Å². The first-order valence-electron chi connectivity index (χ1n) is 22.8. The van der Waals surface area contributed by atoms with E-state index in [4.69, 9.17) is 9.97 Å². The minimum Gasteiger partial charge on any atom is -0.309 e. The molecule has 0 saturated carbocycles. The minimum absolute atomic E-state index is 0.113. The first-order valence-corrected chi connectivity index (χ1v) is 22.8. The third-order valence-corrected chi connectivity index (χ3v) is 14.7. The molecule has 3 aromatic heterocycles. The van der Waals surface area contributed by atoms with Gasteiger partial charge in [-0.3, -0.25) is 9.13 Å². The van der Waals surface area contributed by atoms with Crippen LogP contribution in [-0.4, -0.2) is 30.4 Å². The van der Waals surface area contributed by atoms with Crippen LogP contribution in [-0.2, 0) is 0 Å². The zero-order chi connectivity index (χ0) is 42.8. The summed E-state index contributed by atoms with van der Waals surface area (Å²) in [6, 6.07) is 75.9. The Bertz CT molecular complexity index is 4180. The molecule has 0 atom stereocenters. The Balaban J connectivity index is 1.15. The van der Waals surface area contributed by atoms with E-state index in [1.54, 1.807) is 0 Å². The number of aromatic nitrogens is 5. The van der Waals surface area contributed by atoms with Crippen molar-refractivity contribution in [3.05, 3.63) is 206 Å². The number of hydrogen-bond donors (Lipinski definition) is 0. The van der Waals surface area contributed by atoms with Crippen LogP contribution in [0.3, 0.4) is 0 Å². The smallest absolute Gasteiger partial charge is 0.253 e. The second kappa shape index (κ2) is 12.5. The van der Waals surface area contributed by atoms with E-state index in [-0.39, 0.29) is 6.71 Å². The zero-order valence-corrected chi connectivity index (χ0v) is 35.4. The normalized spacial score (nSPS) is 12.8. The fraction of sp³-hybridized carbons (Fsp3) is 0. The van der Waals surface area contributed by atoms with Gasteiger partial charge < -0.3 is 4.57 Å². The molecule has 66 heavy (non-hydrogen) atoms. The van der Waals surface area contributed by atoms with Gasteiger partial charge in [0, 0.05) is 33.3 Å². The van der Waals surface area contributed by atoms with Gasteiger partial charge in [0.1, 0.15) is 11.6 Å². The van der Waals surface area contributed by atoms with Crippen molar-refractivity contribution in [3.8, 4) is 39.8 Å². The Kier molecular flexibility index (Phi) is 6.57. The summed E-state index contributed by atoms with van der Waals surface area (Å²) in [5.41, 5.74) is 16.0. The molecule has 11 aromatic carbocycles. The third-order valence-electron chi connectivity index (χ3n) is 14.7. The van der Waals surface area contributed by atoms with Crippen molar-refractivity contribution >= 4 is 110 Å². The SMILES string of the molecule is c1ccc(-c2nc3cc4ccccc4c4c3n2-c2cc(-n3c5cc6ccccc6cc5c5cc6ccccc6cc53)cc3c2B4c2c4ccccc4cc4nc(-c5ccccc5)n-3c24)cc1. The maximum atomic E-state index is 5.63. The molecule has 0 bridgehead atoms. The van der Waals surface area contributed by atoms with Crippen molar-refractivity contribution in [2.45, 2.75) is 0 Å². The molecule has 5 heterocycles. The van der Waals surface area contributed by atoms with Crippen LogP contribution in [0.4, 0.5) is 0 Å². The topological polar surface area (TPSA) is 40.6 Å². The largest absolute Gasteiger partial charge is 0.309 e. The first-order chi connectivity index (χ1) is 32.7. The van der Waals surface area contributed by atoms with Gasteiger partial charge in [0.05, 0.1) is 38.8 Å². The van der Waals surface area contributed by atoms with Gasteiger partial charge in [0.2, 0.25) is 0 Å². The van der Waals surface area contributed by atoms with Gasteiger partial charge in [0.15, 0.2) is 0 Å². The van der Waals surface area contributed by atoms with E-state index in [1.807, 2.05) is 0 Å². The number of rotatable bonds is 3. The molecule has 16 rings (SSSR count). The number of hydrogen-bond acceptors (Lipinski definition) is 2. The van der Waals surface area contributed by atoms with E-state index in [0.29, 0.717) is 0 Å². The lowest BCUT2D eigenvalue weighted by atomic mass is 9.33. The van der Waals surface area contributed by atoms with Crippen LogP contribution in [0.2, 0.25) is 0 Å². The highest BCUT2D eigenvalue weighted by molar-refractivity contribution is 7.02. The molecule has 0 unspecified atom stereocenters. The van der Waals surface area contributed by atoms with Gasteiger partial charge in [-0.15, -0.1) is 0 Å². The molecule has 0 aliphatic carbocycles. The Labute approximate surface area is 378 Å². The average molecular weight is 836 g/mol. The molecule has 6 heteroatoms. The second-order valence-electron chi connectivity index (χ2n) is 18.1. The fourth-order valence-electron chi connectivity index (χ4n) is 12.0. The highest BCUT2D eigenvalue weighted by Crippen LogP contribution is 2.43. The summed E-state index contributed by atoms with van der Waals surface area (Å²) in [7, 11) is 0. The lowest BCUT2D eigenvalue weighted by Crippen LogP contribution is -2.60. The van der Waals surface area contributed by atoms with Crippen LogP contribution in [0.15, 0.2) is 206 Å². The van der Waals surface area contributed by atoms with E-state index >= 15 is 0 Å². The second-order valence-corrected chi connectivity index (χ2v) is 18.1. The third kappa shape index (κ3) is 4.45. The molecule has 2 aliphatic rings. The van der Waals surface area contributed by atoms with Crippen LogP contribution < -0.4 is 16.4 Å². The summed E-state index contributed by atoms with van der Waals surface area (Å²) in [5, 5.41) is 12.2. The molecule has 0 spiro atoms. The highest BCUT2D eigenvalue weighted by atomic mass is 15.1. The van der Waals surface area contributed by atoms with Crippen LogP contribution in [0.5, 0.6) is 0 Å². The predicted molar refractivity (Wildman–Crippen MR) is 276 cm³/mol. The van der Waals surface area contributed by atoms with Crippen molar-refractivity contribution in [3.63, 3.8) is 0 Å². The molecular weight excluding hydrogens is 802 g/mol. The molecule has 5 nitrogen and oxygen atoms in total. The lowest BCUT2D eigenvalue weighted by Gasteiger charge is -2.35. The van der Waals surface area contributed by atoms with Crippen LogP contribution in [0, 0.1) is 0 Å². The van der Waals surface area contributed by atoms with Crippen molar-refractivity contribution in [2.75, 3.05) is 0 Å². The molecule has 0 amide bonds. The Morgan fingerprint density at radius 1 is 0.318 bits per heavy atom. The van der Waals surface area contributed by atoms with Crippen LogP contribution >= 0.6 is 0 Å². The molecule has 302 valence electrons. The molecular formula is C60H34BN5. The molecule has 0 radical (unpaired) electrons. The average Bonchev–Trinajstić information content (AvgIpc) is 4.05. The van der Waals surface area contributed by atoms with E-state index in [2.05, 4.69) is 220 Å². The number of imidazole rings is 2. The Morgan fingerprint density at radius 2 is 0.712 bits per heavy atom. The zero-order valence-electron chi connectivity index (χ0n) is 35.4. The van der Waals surface area contributed by atoms with Gasteiger partial charge in [-0.2, -0.15) is 0 Å². The number of benzene rings is 11. The summed E-state index contributed by atoms with van der Waals surface area (Å²) in [4.78, 5) is 11.3. The van der Waals surface area contributed by atoms with Crippen LogP contribution in [0.1, 0.15) is 0 Å². The molecule has 14 aromatic rings. The van der Waals surface area contributed by atoms with Crippen LogP contribution in [0.25, 0.3) is 127 Å². The monoisotopic (exact) mass is 835 g/mol. The number of nitrogens with zero attached hydrogens (tertiary/aromatic N) is 5. The summed E-state index contributed by atoms with van der Waals surface area (Å²) < 4.78 is 7.51. The van der Waals surface area contributed by atoms with Gasteiger partial charge in [-0.1, -0.05) is 158 Å². The molecule has 2 aliphatic heterocycles. The molecule has 0 fully saturated rings. The Morgan fingerprint density at radius 3 is 1.17 bits per heavy atom. The summed E-state index contributed by atoms with van der Waals surface area (Å²) in [5.74, 6) is 1.86. The van der Waals surface area contributed by atoms with Gasteiger partial charge >= 0.3 is 0 Å². The van der Waals surface area contributed by atoms with Gasteiger partial charge in [0.25, 0.3) is 6.71 Å². The summed E-state index contributed by atoms with van der Waals surface area (Å²) in [6.07, 6.45) is 0. The lowest BCUT2D eigenvalue weighted by molar-refractivity contribution is 1.06. The fourth-order valence-corrected chi connectivity index (χ4v) is 12.0. The van der Waals surface area contributed by atoms with Gasteiger partial charge in [-0.25, -0.2) is 9.97 Å². The summed E-state index contributed by atoms with van der Waals surface area (Å²) >= 11 is 0. The van der Waals surface area contributed by atoms with Crippen molar-refractivity contribution in [2.24, 2.45) is 0 Å². The first kappa shape index (κ1) is 34.7. The molecule has 0 saturated heterocycles. The van der Waals surface area contributed by atoms with E-state index < -0.39 is 0 Å². The quantitative estimate of drug-likeness (QED) is 0.166. The molecule has 0 N–H and O–H groups in total. The van der Waals surface area contributed by atoms with E-state index in [1.165, 1.54) is 81.3 Å². The highest BCUT2D eigenvalue weighted by Gasteiger charge is 2.44. The summed E-state index contributed by atoms with van der Waals surface area (Å²) in [6.45, 7) is -0.113. The standard InChI is InChI=1S/C60H34BN5/c1-3-15-35(16-4-1)59-62-48-29-41-23-11-13-25-44(41)54-57(48)65(59)52-33-43(64-50-31-39-21-9-7-19-37(39)27-46(50)47-28-38-20-8-10-22-40(38)32-51(47)64)34-53-56(52)61(54)55-45-26-14-12-24-42(45)30-49-58(55)66(53)60(63-49)36-17-5-2-6-18-36/h1-34H. The van der Waals surface area contributed by atoms with Crippen molar-refractivity contribution in [1.29, 1.82) is 0 Å². The number of fused-ring (bicyclic) bond motifs is 13. The minimum atomic E-state index is -0.113. The predicted octanol–water partition coefficient (Wildman–Crippen LogP) is 12.6. The van der Waals surface area contributed by atoms with Crippen molar-refractivity contribution < 1.29 is 0 Å². The maximum Gasteiger partial charge on any atom is 0.253 e. The Hall–Kier alpha value is -8.74. The maximum absolute atomic E-state index is 5.63. The van der Waals surface area contributed by atoms with Gasteiger partial charge in [-0.05, 0) is 108 Å². The van der Waals surface area contributed by atoms with E-state index in [9.17, 15) is 0 Å². The van der Waals surface area contributed by atoms with E-state index in [0.717, 1.165) is 61.9 Å².